The Morgan fingerprint density at radius 3 is 2.27 bits per heavy atom. The van der Waals surface area contributed by atoms with Crippen LogP contribution in [0.1, 0.15) is 12.5 Å². The first kappa shape index (κ1) is 20.6. The van der Waals surface area contributed by atoms with Crippen LogP contribution in [-0.4, -0.2) is 38.2 Å². The molecule has 5 nitrogen and oxygen atoms in total. The van der Waals surface area contributed by atoms with Gasteiger partial charge in [0.05, 0.1) is 23.2 Å². The van der Waals surface area contributed by atoms with Crippen LogP contribution < -0.4 is 14.2 Å². The maximum absolute atomic E-state index is 12.6. The topological polar surface area (TPSA) is 48.0 Å². The zero-order valence-corrected chi connectivity index (χ0v) is 18.1. The van der Waals surface area contributed by atoms with Crippen molar-refractivity contribution in [3.05, 3.63) is 50.9 Å². The van der Waals surface area contributed by atoms with Gasteiger partial charge < -0.3 is 19.1 Å². The average Bonchev–Trinajstić information content (AvgIpc) is 2.65. The third kappa shape index (κ3) is 5.14. The van der Waals surface area contributed by atoms with Crippen molar-refractivity contribution in [1.82, 2.24) is 4.90 Å². The smallest absolute Gasteiger partial charge is 0.260 e. The maximum Gasteiger partial charge on any atom is 0.260 e. The molecule has 2 aromatic rings. The molecule has 0 atom stereocenters. The van der Waals surface area contributed by atoms with Crippen molar-refractivity contribution < 1.29 is 19.0 Å². The first-order valence-electron chi connectivity index (χ1n) is 8.05. The number of carbonyl (C=O) groups excluding carboxylic acids is 1. The summed E-state index contributed by atoms with van der Waals surface area (Å²) in [5.74, 6) is 1.82. The third-order valence-corrected chi connectivity index (χ3v) is 5.06. The summed E-state index contributed by atoms with van der Waals surface area (Å²) < 4.78 is 17.9. The molecule has 0 aliphatic carbocycles. The molecule has 1 amide bonds. The van der Waals surface area contributed by atoms with Crippen LogP contribution in [-0.2, 0) is 11.3 Å². The number of rotatable bonds is 8. The van der Waals surface area contributed by atoms with E-state index in [1.54, 1.807) is 19.1 Å². The van der Waals surface area contributed by atoms with Gasteiger partial charge in [0, 0.05) is 13.1 Å². The van der Waals surface area contributed by atoms with Crippen molar-refractivity contribution in [2.24, 2.45) is 0 Å². The number of nitrogens with zero attached hydrogens (tertiary/aromatic N) is 1. The van der Waals surface area contributed by atoms with Crippen molar-refractivity contribution in [1.29, 1.82) is 0 Å². The lowest BCUT2D eigenvalue weighted by Crippen LogP contribution is -2.34. The molecule has 0 heterocycles. The van der Waals surface area contributed by atoms with Gasteiger partial charge >= 0.3 is 0 Å². The molecule has 0 aliphatic heterocycles. The van der Waals surface area contributed by atoms with E-state index in [9.17, 15) is 4.79 Å². The molecule has 140 valence electrons. The van der Waals surface area contributed by atoms with Crippen LogP contribution in [0.4, 0.5) is 0 Å². The van der Waals surface area contributed by atoms with Crippen LogP contribution in [0.2, 0.25) is 0 Å². The number of hydrogen-bond acceptors (Lipinski definition) is 4. The lowest BCUT2D eigenvalue weighted by atomic mass is 10.2. The summed E-state index contributed by atoms with van der Waals surface area (Å²) in [6.45, 7) is 2.94. The fourth-order valence-electron chi connectivity index (χ4n) is 2.42. The molecule has 0 bridgehead atoms. The molecule has 0 N–H and O–H groups in total. The highest BCUT2D eigenvalue weighted by Crippen LogP contribution is 2.33. The molecule has 0 fully saturated rings. The van der Waals surface area contributed by atoms with Gasteiger partial charge in [-0.25, -0.2) is 0 Å². The van der Waals surface area contributed by atoms with Gasteiger partial charge in [0.1, 0.15) is 5.75 Å². The molecule has 2 rings (SSSR count). The largest absolute Gasteiger partial charge is 0.493 e. The summed E-state index contributed by atoms with van der Waals surface area (Å²) in [5.41, 5.74) is 0.958. The maximum atomic E-state index is 12.6. The van der Waals surface area contributed by atoms with E-state index in [2.05, 4.69) is 31.9 Å². The normalized spacial score (nSPS) is 10.3. The quantitative estimate of drug-likeness (QED) is 0.544. The number of para-hydroxylation sites is 1. The van der Waals surface area contributed by atoms with E-state index in [0.717, 1.165) is 14.5 Å². The number of ether oxygens (including phenoxy) is 3. The van der Waals surface area contributed by atoms with Crippen LogP contribution >= 0.6 is 31.9 Å². The second-order valence-corrected chi connectivity index (χ2v) is 7.15. The van der Waals surface area contributed by atoms with Gasteiger partial charge in [-0.1, -0.05) is 12.1 Å². The molecular formula is C19H21Br2NO4. The number of carbonyl (C=O) groups is 1. The number of halogens is 2. The lowest BCUT2D eigenvalue weighted by molar-refractivity contribution is -0.133. The average molecular weight is 487 g/mol. The molecule has 0 saturated carbocycles. The molecule has 26 heavy (non-hydrogen) atoms. The fourth-order valence-corrected chi connectivity index (χ4v) is 3.65. The Hall–Kier alpha value is -1.73. The van der Waals surface area contributed by atoms with Gasteiger partial charge in [0.2, 0.25) is 0 Å². The predicted molar refractivity (Wildman–Crippen MR) is 108 cm³/mol. The first-order chi connectivity index (χ1) is 12.5. The second-order valence-electron chi connectivity index (χ2n) is 5.44. The van der Waals surface area contributed by atoms with Gasteiger partial charge in [-0.3, -0.25) is 4.79 Å². The van der Waals surface area contributed by atoms with E-state index < -0.39 is 0 Å². The number of benzene rings is 2. The summed E-state index contributed by atoms with van der Waals surface area (Å²) in [4.78, 5) is 14.3. The Balaban J connectivity index is 2.05. The van der Waals surface area contributed by atoms with Crippen LogP contribution in [0.3, 0.4) is 0 Å². The van der Waals surface area contributed by atoms with Gasteiger partial charge in [0.15, 0.2) is 18.1 Å². The van der Waals surface area contributed by atoms with E-state index in [4.69, 9.17) is 14.2 Å². The Morgan fingerprint density at radius 1 is 1.04 bits per heavy atom. The van der Waals surface area contributed by atoms with Gasteiger partial charge in [0.25, 0.3) is 5.91 Å². The number of hydrogen-bond donors (Lipinski definition) is 0. The van der Waals surface area contributed by atoms with E-state index in [-0.39, 0.29) is 12.5 Å². The number of methoxy groups -OCH3 is 2. The molecule has 0 aromatic heterocycles. The van der Waals surface area contributed by atoms with Crippen molar-refractivity contribution >= 4 is 37.8 Å². The minimum Gasteiger partial charge on any atom is -0.493 e. The fraction of sp³-hybridized carbons (Fsp3) is 0.316. The molecule has 0 spiro atoms. The number of likely N-dealkylation sites (N-methyl/N-ethyl adjacent to an activating group) is 1. The molecule has 0 aliphatic rings. The first-order valence-corrected chi connectivity index (χ1v) is 9.64. The van der Waals surface area contributed by atoms with E-state index in [0.29, 0.717) is 30.3 Å². The van der Waals surface area contributed by atoms with Crippen molar-refractivity contribution in [3.8, 4) is 17.2 Å². The summed E-state index contributed by atoms with van der Waals surface area (Å²) in [5, 5.41) is 0. The van der Waals surface area contributed by atoms with Gasteiger partial charge in [-0.05, 0) is 68.6 Å². The van der Waals surface area contributed by atoms with Crippen molar-refractivity contribution in [2.75, 3.05) is 27.4 Å². The predicted octanol–water partition coefficient (Wildman–Crippen LogP) is 4.66. The monoisotopic (exact) mass is 485 g/mol. The Kier molecular flexibility index (Phi) is 7.78. The summed E-state index contributed by atoms with van der Waals surface area (Å²) in [6, 6.07) is 11.2. The zero-order chi connectivity index (χ0) is 19.1. The standard InChI is InChI=1S/C19H21Br2NO4/c1-4-22(11-13-8-9-16(24-2)17(10-13)25-3)18(23)12-26-19-14(20)6-5-7-15(19)21/h5-10H,4,11-12H2,1-3H3. The molecule has 7 heteroatoms. The van der Waals surface area contributed by atoms with E-state index in [1.807, 2.05) is 43.3 Å². The van der Waals surface area contributed by atoms with Crippen LogP contribution in [0.15, 0.2) is 45.3 Å². The number of amides is 1. The Morgan fingerprint density at radius 2 is 1.69 bits per heavy atom. The van der Waals surface area contributed by atoms with Gasteiger partial charge in [-0.2, -0.15) is 0 Å². The third-order valence-electron chi connectivity index (χ3n) is 3.81. The molecule has 2 aromatic carbocycles. The summed E-state index contributed by atoms with van der Waals surface area (Å²) in [7, 11) is 3.18. The summed E-state index contributed by atoms with van der Waals surface area (Å²) >= 11 is 6.86. The van der Waals surface area contributed by atoms with Crippen LogP contribution in [0, 0.1) is 0 Å². The van der Waals surface area contributed by atoms with Crippen LogP contribution in [0.5, 0.6) is 17.2 Å². The zero-order valence-electron chi connectivity index (χ0n) is 14.9. The highest BCUT2D eigenvalue weighted by Gasteiger charge is 2.16. The van der Waals surface area contributed by atoms with Crippen molar-refractivity contribution in [2.45, 2.75) is 13.5 Å². The lowest BCUT2D eigenvalue weighted by Gasteiger charge is -2.22. The Bertz CT molecular complexity index is 747. The van der Waals surface area contributed by atoms with Crippen LogP contribution in [0.25, 0.3) is 0 Å². The minimum atomic E-state index is -0.0927. The van der Waals surface area contributed by atoms with E-state index >= 15 is 0 Å². The highest BCUT2D eigenvalue weighted by molar-refractivity contribution is 9.11. The molecule has 0 saturated heterocycles. The highest BCUT2D eigenvalue weighted by atomic mass is 79.9. The minimum absolute atomic E-state index is 0.0393. The summed E-state index contributed by atoms with van der Waals surface area (Å²) in [6.07, 6.45) is 0. The van der Waals surface area contributed by atoms with Gasteiger partial charge in [-0.15, -0.1) is 0 Å². The SMILES string of the molecule is CCN(Cc1ccc(OC)c(OC)c1)C(=O)COc1c(Br)cccc1Br. The molecular weight excluding hydrogens is 466 g/mol. The molecule has 0 unspecified atom stereocenters. The second kappa shape index (κ2) is 9.83. The van der Waals surface area contributed by atoms with E-state index in [1.165, 1.54) is 0 Å². The molecule has 0 radical (unpaired) electrons. The Labute approximate surface area is 170 Å². The van der Waals surface area contributed by atoms with Crippen molar-refractivity contribution in [3.63, 3.8) is 0 Å².